The second kappa shape index (κ2) is 10.0. The number of ether oxygens (including phenoxy) is 2. The highest BCUT2D eigenvalue weighted by atomic mass is 32.1. The number of primary amides is 1. The Kier molecular flexibility index (Phi) is 7.46. The lowest BCUT2D eigenvalue weighted by Crippen LogP contribution is -2.37. The number of amides is 1. The lowest BCUT2D eigenvalue weighted by atomic mass is 10.0. The molecule has 3 rings (SSSR count). The molecule has 0 aromatic carbocycles. The standard InChI is InChI=1S/C21H29N3O4S/c1-15-19(21(22)26)20(16-6-13-29-14-16)17(4-5-18(25)27-2)24(15)8-3-7-23-9-11-28-12-10-23/h6,13-14H,3-5,7-12H2,1-2H3,(H2,22,26). The summed E-state index contributed by atoms with van der Waals surface area (Å²) in [5.74, 6) is -0.699. The highest BCUT2D eigenvalue weighted by Crippen LogP contribution is 2.35. The zero-order valence-corrected chi connectivity index (χ0v) is 17.9. The number of methoxy groups -OCH3 is 1. The van der Waals surface area contributed by atoms with Crippen molar-refractivity contribution in [3.05, 3.63) is 33.8 Å². The second-order valence-electron chi connectivity index (χ2n) is 7.19. The highest BCUT2D eigenvalue weighted by Gasteiger charge is 2.25. The van der Waals surface area contributed by atoms with Crippen LogP contribution < -0.4 is 5.73 Å². The maximum atomic E-state index is 12.3. The molecule has 1 saturated heterocycles. The summed E-state index contributed by atoms with van der Waals surface area (Å²) in [5.41, 5.74) is 9.98. The second-order valence-corrected chi connectivity index (χ2v) is 7.97. The Balaban J connectivity index is 1.90. The van der Waals surface area contributed by atoms with Crippen LogP contribution in [0.25, 0.3) is 11.1 Å². The van der Waals surface area contributed by atoms with Crippen molar-refractivity contribution in [2.45, 2.75) is 32.7 Å². The summed E-state index contributed by atoms with van der Waals surface area (Å²) in [7, 11) is 1.39. The van der Waals surface area contributed by atoms with Crippen LogP contribution in [0, 0.1) is 6.92 Å². The van der Waals surface area contributed by atoms with Gasteiger partial charge in [-0.05, 0) is 42.2 Å². The third kappa shape index (κ3) is 5.07. The van der Waals surface area contributed by atoms with Crippen LogP contribution >= 0.6 is 11.3 Å². The minimum Gasteiger partial charge on any atom is -0.469 e. The van der Waals surface area contributed by atoms with E-state index in [1.807, 2.05) is 23.8 Å². The smallest absolute Gasteiger partial charge is 0.305 e. The lowest BCUT2D eigenvalue weighted by molar-refractivity contribution is -0.140. The van der Waals surface area contributed by atoms with Gasteiger partial charge in [0.15, 0.2) is 0 Å². The van der Waals surface area contributed by atoms with Gasteiger partial charge in [0.25, 0.3) is 5.91 Å². The minimum atomic E-state index is -0.435. The van der Waals surface area contributed by atoms with E-state index >= 15 is 0 Å². The summed E-state index contributed by atoms with van der Waals surface area (Å²) in [4.78, 5) is 26.5. The topological polar surface area (TPSA) is 86.8 Å². The average Bonchev–Trinajstić information content (AvgIpc) is 3.33. The molecule has 2 aromatic rings. The molecule has 0 atom stereocenters. The molecule has 1 amide bonds. The van der Waals surface area contributed by atoms with Gasteiger partial charge in [0, 0.05) is 43.1 Å². The molecule has 2 aromatic heterocycles. The monoisotopic (exact) mass is 419 g/mol. The van der Waals surface area contributed by atoms with E-state index in [0.29, 0.717) is 12.0 Å². The summed E-state index contributed by atoms with van der Waals surface area (Å²) < 4.78 is 12.4. The summed E-state index contributed by atoms with van der Waals surface area (Å²) in [6, 6.07) is 1.99. The molecule has 1 aliphatic heterocycles. The van der Waals surface area contributed by atoms with Gasteiger partial charge in [0.1, 0.15) is 0 Å². The first-order valence-electron chi connectivity index (χ1n) is 9.94. The maximum absolute atomic E-state index is 12.3. The molecule has 1 aliphatic rings. The maximum Gasteiger partial charge on any atom is 0.305 e. The van der Waals surface area contributed by atoms with Crippen molar-refractivity contribution in [3.8, 4) is 11.1 Å². The lowest BCUT2D eigenvalue weighted by Gasteiger charge is -2.26. The molecular weight excluding hydrogens is 390 g/mol. The molecule has 7 nitrogen and oxygen atoms in total. The van der Waals surface area contributed by atoms with Gasteiger partial charge in [-0.1, -0.05) is 0 Å². The molecule has 0 bridgehead atoms. The Bertz CT molecular complexity index is 839. The van der Waals surface area contributed by atoms with Crippen molar-refractivity contribution in [2.24, 2.45) is 5.73 Å². The molecule has 0 aliphatic carbocycles. The minimum absolute atomic E-state index is 0.263. The first-order chi connectivity index (χ1) is 14.0. The largest absolute Gasteiger partial charge is 0.469 e. The number of esters is 1. The first kappa shape index (κ1) is 21.5. The van der Waals surface area contributed by atoms with Crippen molar-refractivity contribution in [3.63, 3.8) is 0 Å². The third-order valence-electron chi connectivity index (χ3n) is 5.44. The number of carbonyl (C=O) groups is 2. The van der Waals surface area contributed by atoms with E-state index in [2.05, 4.69) is 9.47 Å². The van der Waals surface area contributed by atoms with Gasteiger partial charge in [-0.3, -0.25) is 14.5 Å². The SMILES string of the molecule is COC(=O)CCc1c(-c2ccsc2)c(C(N)=O)c(C)n1CCCN1CCOCC1. The Morgan fingerprint density at radius 1 is 1.28 bits per heavy atom. The van der Waals surface area contributed by atoms with E-state index in [0.717, 1.165) is 68.3 Å². The van der Waals surface area contributed by atoms with Crippen LogP contribution in [0.3, 0.4) is 0 Å². The van der Waals surface area contributed by atoms with Crippen molar-refractivity contribution in [1.82, 2.24) is 9.47 Å². The van der Waals surface area contributed by atoms with Crippen LogP contribution in [0.5, 0.6) is 0 Å². The molecule has 1 fully saturated rings. The van der Waals surface area contributed by atoms with Gasteiger partial charge >= 0.3 is 5.97 Å². The predicted molar refractivity (Wildman–Crippen MR) is 113 cm³/mol. The van der Waals surface area contributed by atoms with E-state index in [1.54, 1.807) is 11.3 Å². The van der Waals surface area contributed by atoms with Crippen LogP contribution in [0.2, 0.25) is 0 Å². The summed E-state index contributed by atoms with van der Waals surface area (Å²) >= 11 is 1.57. The van der Waals surface area contributed by atoms with Crippen molar-refractivity contribution >= 4 is 23.2 Å². The Morgan fingerprint density at radius 3 is 2.66 bits per heavy atom. The van der Waals surface area contributed by atoms with E-state index in [4.69, 9.17) is 15.2 Å². The number of morpholine rings is 1. The number of rotatable bonds is 9. The number of carbonyl (C=O) groups excluding carboxylic acids is 2. The number of nitrogens with two attached hydrogens (primary N) is 1. The Hall–Kier alpha value is -2.16. The van der Waals surface area contributed by atoms with Gasteiger partial charge in [-0.25, -0.2) is 0 Å². The van der Waals surface area contributed by atoms with Crippen molar-refractivity contribution in [1.29, 1.82) is 0 Å². The van der Waals surface area contributed by atoms with Gasteiger partial charge in [-0.15, -0.1) is 0 Å². The van der Waals surface area contributed by atoms with Crippen LogP contribution in [0.4, 0.5) is 0 Å². The summed E-state index contributed by atoms with van der Waals surface area (Å²) in [6.45, 7) is 7.13. The van der Waals surface area contributed by atoms with E-state index in [-0.39, 0.29) is 12.4 Å². The van der Waals surface area contributed by atoms with Crippen molar-refractivity contribution in [2.75, 3.05) is 40.0 Å². The fourth-order valence-electron chi connectivity index (χ4n) is 3.98. The van der Waals surface area contributed by atoms with Gasteiger partial charge in [0.05, 0.1) is 32.3 Å². The molecule has 158 valence electrons. The normalized spacial score (nSPS) is 14.8. The molecule has 29 heavy (non-hydrogen) atoms. The van der Waals surface area contributed by atoms with Crippen LogP contribution in [0.1, 0.15) is 34.6 Å². The molecule has 0 spiro atoms. The van der Waals surface area contributed by atoms with Crippen molar-refractivity contribution < 1.29 is 19.1 Å². The molecule has 2 N–H and O–H groups in total. The predicted octanol–water partition coefficient (Wildman–Crippen LogP) is 2.45. The summed E-state index contributed by atoms with van der Waals surface area (Å²) in [6.07, 6.45) is 1.71. The quantitative estimate of drug-likeness (QED) is 0.631. The molecular formula is C21H29N3O4S. The van der Waals surface area contributed by atoms with Crippen LogP contribution in [-0.4, -0.2) is 61.3 Å². The average molecular weight is 420 g/mol. The number of aromatic nitrogens is 1. The van der Waals surface area contributed by atoms with Gasteiger partial charge < -0.3 is 19.8 Å². The number of nitrogens with zero attached hydrogens (tertiary/aromatic N) is 2. The zero-order valence-electron chi connectivity index (χ0n) is 17.1. The Morgan fingerprint density at radius 2 is 2.03 bits per heavy atom. The fraction of sp³-hybridized carbons (Fsp3) is 0.524. The summed E-state index contributed by atoms with van der Waals surface area (Å²) in [5, 5.41) is 4.00. The zero-order chi connectivity index (χ0) is 20.8. The molecule has 0 saturated carbocycles. The van der Waals surface area contributed by atoms with Crippen LogP contribution in [-0.2, 0) is 27.2 Å². The molecule has 8 heteroatoms. The molecule has 3 heterocycles. The van der Waals surface area contributed by atoms with E-state index in [9.17, 15) is 9.59 Å². The molecule has 0 unspecified atom stereocenters. The third-order valence-corrected chi connectivity index (χ3v) is 6.12. The number of hydrogen-bond acceptors (Lipinski definition) is 6. The fourth-order valence-corrected chi connectivity index (χ4v) is 4.63. The van der Waals surface area contributed by atoms with Gasteiger partial charge in [0.2, 0.25) is 0 Å². The van der Waals surface area contributed by atoms with E-state index < -0.39 is 5.91 Å². The molecule has 0 radical (unpaired) electrons. The van der Waals surface area contributed by atoms with Crippen LogP contribution in [0.15, 0.2) is 16.8 Å². The number of thiophene rings is 1. The Labute approximate surface area is 175 Å². The van der Waals surface area contributed by atoms with Gasteiger partial charge in [-0.2, -0.15) is 11.3 Å². The first-order valence-corrected chi connectivity index (χ1v) is 10.9. The van der Waals surface area contributed by atoms with E-state index in [1.165, 1.54) is 7.11 Å². The number of hydrogen-bond donors (Lipinski definition) is 1. The highest BCUT2D eigenvalue weighted by molar-refractivity contribution is 7.08.